The van der Waals surface area contributed by atoms with Crippen LogP contribution in [-0.4, -0.2) is 102 Å². The van der Waals surface area contributed by atoms with Crippen molar-refractivity contribution < 1.29 is 33.5 Å². The van der Waals surface area contributed by atoms with E-state index in [2.05, 4.69) is 21.3 Å². The average Bonchev–Trinajstić information content (AvgIpc) is 3.76. The quantitative estimate of drug-likeness (QED) is 0.370. The molecule has 2 aromatic rings. The van der Waals surface area contributed by atoms with Crippen molar-refractivity contribution in [2.45, 2.75) is 82.5 Å². The van der Waals surface area contributed by atoms with Crippen molar-refractivity contribution in [3.8, 4) is 5.75 Å². The van der Waals surface area contributed by atoms with Gasteiger partial charge in [0.25, 0.3) is 5.91 Å². The summed E-state index contributed by atoms with van der Waals surface area (Å²) < 4.78 is 5.77. The van der Waals surface area contributed by atoms with Crippen LogP contribution in [-0.2, 0) is 41.6 Å². The number of amides is 6. The van der Waals surface area contributed by atoms with Gasteiger partial charge in [0.05, 0.1) is 0 Å². The Hall–Kier alpha value is -4.94. The van der Waals surface area contributed by atoms with E-state index in [1.54, 1.807) is 36.1 Å². The summed E-state index contributed by atoms with van der Waals surface area (Å²) in [4.78, 5) is 83.3. The Balaban J connectivity index is 1.20. The van der Waals surface area contributed by atoms with E-state index in [1.807, 2.05) is 30.3 Å². The van der Waals surface area contributed by atoms with Crippen LogP contribution in [0.25, 0.3) is 0 Å². The smallest absolute Gasteiger partial charge is 0.258 e. The monoisotopic (exact) mass is 686 g/mol. The van der Waals surface area contributed by atoms with Gasteiger partial charge in [0.2, 0.25) is 29.5 Å². The van der Waals surface area contributed by atoms with Crippen molar-refractivity contribution in [3.63, 3.8) is 0 Å². The molecule has 0 aliphatic carbocycles. The molecule has 5 heterocycles. The lowest BCUT2D eigenvalue weighted by atomic mass is 9.77. The molecular formula is C37H46N6O7. The minimum atomic E-state index is -0.984. The van der Waals surface area contributed by atoms with E-state index >= 15 is 0 Å². The summed E-state index contributed by atoms with van der Waals surface area (Å²) in [7, 11) is 0. The molecule has 0 saturated carbocycles. The van der Waals surface area contributed by atoms with Gasteiger partial charge in [0, 0.05) is 39.0 Å². The van der Waals surface area contributed by atoms with E-state index in [0.717, 1.165) is 11.1 Å². The number of aryl methyl sites for hydroxylation is 1. The largest absolute Gasteiger partial charge is 0.484 e. The number of carbonyl (C=O) groups is 6. The summed E-state index contributed by atoms with van der Waals surface area (Å²) in [5.74, 6) is -1.57. The van der Waals surface area contributed by atoms with E-state index in [0.29, 0.717) is 76.9 Å². The zero-order valence-corrected chi connectivity index (χ0v) is 28.5. The number of hydrogen-bond donors (Lipinski definition) is 4. The average molecular weight is 687 g/mol. The maximum atomic E-state index is 13.9. The molecule has 266 valence electrons. The second-order valence-corrected chi connectivity index (χ2v) is 14.0. The molecule has 2 aromatic carbocycles. The Kier molecular flexibility index (Phi) is 10.7. The zero-order chi connectivity index (χ0) is 35.3. The Labute approximate surface area is 291 Å². The SMILES string of the molecule is C[C@@H]1NC(=O)[C@@H]2CCCN2C(=O)[C@H](CCc2ccccc2)NC(=O)COc2ccc(cc2)C[C@H](C(=O)N2CCC3(CC2)CNC(=O)C3)NC1=O. The lowest BCUT2D eigenvalue weighted by Crippen LogP contribution is -2.58. The number of piperidine rings is 1. The van der Waals surface area contributed by atoms with Crippen LogP contribution >= 0.6 is 0 Å². The van der Waals surface area contributed by atoms with Crippen molar-refractivity contribution in [2.75, 3.05) is 32.8 Å². The first-order chi connectivity index (χ1) is 24.1. The van der Waals surface area contributed by atoms with Crippen molar-refractivity contribution >= 4 is 35.4 Å². The Morgan fingerprint density at radius 3 is 2.32 bits per heavy atom. The third-order valence-corrected chi connectivity index (χ3v) is 10.5. The van der Waals surface area contributed by atoms with Gasteiger partial charge >= 0.3 is 0 Å². The van der Waals surface area contributed by atoms with Gasteiger partial charge in [-0.3, -0.25) is 28.8 Å². The molecule has 3 saturated heterocycles. The fourth-order valence-corrected chi connectivity index (χ4v) is 7.46. The highest BCUT2D eigenvalue weighted by Gasteiger charge is 2.43. The number of benzene rings is 2. The fraction of sp³-hybridized carbons (Fsp3) is 0.514. The van der Waals surface area contributed by atoms with Crippen molar-refractivity contribution in [2.24, 2.45) is 5.41 Å². The number of ether oxygens (including phenoxy) is 1. The van der Waals surface area contributed by atoms with Gasteiger partial charge in [0.15, 0.2) is 6.61 Å². The van der Waals surface area contributed by atoms with Gasteiger partial charge in [0.1, 0.15) is 29.9 Å². The van der Waals surface area contributed by atoms with Crippen LogP contribution in [0, 0.1) is 5.41 Å². The second kappa shape index (κ2) is 15.3. The molecule has 6 amide bonds. The van der Waals surface area contributed by atoms with Crippen LogP contribution in [0.3, 0.4) is 0 Å². The number of carbonyl (C=O) groups excluding carboxylic acids is 6. The summed E-state index contributed by atoms with van der Waals surface area (Å²) >= 11 is 0. The molecular weight excluding hydrogens is 640 g/mol. The molecule has 5 aliphatic rings. The van der Waals surface area contributed by atoms with Gasteiger partial charge in [-0.25, -0.2) is 0 Å². The first kappa shape index (κ1) is 34.9. The molecule has 3 fully saturated rings. The molecule has 4 N–H and O–H groups in total. The summed E-state index contributed by atoms with van der Waals surface area (Å²) in [6.45, 7) is 3.14. The van der Waals surface area contributed by atoms with Gasteiger partial charge < -0.3 is 35.8 Å². The van der Waals surface area contributed by atoms with Crippen LogP contribution in [0.15, 0.2) is 54.6 Å². The third kappa shape index (κ3) is 8.26. The summed E-state index contributed by atoms with van der Waals surface area (Å²) in [5, 5.41) is 11.4. The Bertz CT molecular complexity index is 1590. The fourth-order valence-electron chi connectivity index (χ4n) is 7.46. The molecule has 13 nitrogen and oxygen atoms in total. The summed E-state index contributed by atoms with van der Waals surface area (Å²) in [5.41, 5.74) is 1.64. The van der Waals surface area contributed by atoms with Crippen LogP contribution in [0.1, 0.15) is 56.6 Å². The predicted molar refractivity (Wildman–Crippen MR) is 182 cm³/mol. The molecule has 13 heteroatoms. The van der Waals surface area contributed by atoms with E-state index in [9.17, 15) is 28.8 Å². The third-order valence-electron chi connectivity index (χ3n) is 10.5. The van der Waals surface area contributed by atoms with E-state index in [-0.39, 0.29) is 36.2 Å². The highest BCUT2D eigenvalue weighted by Crippen LogP contribution is 2.37. The lowest BCUT2D eigenvalue weighted by molar-refractivity contribution is -0.142. The number of nitrogens with zero attached hydrogens (tertiary/aromatic N) is 2. The van der Waals surface area contributed by atoms with E-state index in [4.69, 9.17) is 4.74 Å². The number of nitrogens with one attached hydrogen (secondary N) is 4. The molecule has 5 aliphatic heterocycles. The minimum Gasteiger partial charge on any atom is -0.484 e. The van der Waals surface area contributed by atoms with Crippen LogP contribution in [0.4, 0.5) is 0 Å². The van der Waals surface area contributed by atoms with Gasteiger partial charge in [-0.2, -0.15) is 0 Å². The van der Waals surface area contributed by atoms with E-state index < -0.39 is 41.9 Å². The van der Waals surface area contributed by atoms with Crippen molar-refractivity contribution in [3.05, 3.63) is 65.7 Å². The summed E-state index contributed by atoms with van der Waals surface area (Å²) in [6, 6.07) is 13.0. The van der Waals surface area contributed by atoms with Crippen molar-refractivity contribution in [1.29, 1.82) is 0 Å². The van der Waals surface area contributed by atoms with Gasteiger partial charge in [-0.1, -0.05) is 42.5 Å². The number of hydrogen-bond acceptors (Lipinski definition) is 7. The molecule has 1 spiro atoms. The normalized spacial score (nSPS) is 26.1. The molecule has 0 aromatic heterocycles. The van der Waals surface area contributed by atoms with Gasteiger partial charge in [-0.15, -0.1) is 0 Å². The van der Waals surface area contributed by atoms with Crippen molar-refractivity contribution in [1.82, 2.24) is 31.1 Å². The van der Waals surface area contributed by atoms with Crippen LogP contribution in [0.5, 0.6) is 5.75 Å². The number of rotatable bonds is 4. The number of fused-ring (bicyclic) bond motifs is 13. The Morgan fingerprint density at radius 2 is 1.62 bits per heavy atom. The summed E-state index contributed by atoms with van der Waals surface area (Å²) in [6.07, 6.45) is 3.91. The van der Waals surface area contributed by atoms with Crippen LogP contribution in [0.2, 0.25) is 0 Å². The topological polar surface area (TPSA) is 166 Å². The number of likely N-dealkylation sites (tertiary alicyclic amines) is 1. The molecule has 0 unspecified atom stereocenters. The zero-order valence-electron chi connectivity index (χ0n) is 28.5. The predicted octanol–water partition coefficient (Wildman–Crippen LogP) is 0.848. The standard InChI is InChI=1S/C37H46N6O7/c1-24-33(46)41-29(35(48)42-18-15-37(16-19-42)21-31(44)38-23-37)20-26-9-12-27(13-10-26)50-22-32(45)40-28(14-11-25-6-3-2-4-7-25)36(49)43-17-5-8-30(43)34(47)39-24/h2-4,6-7,9-10,12-13,24,28-30H,5,8,11,14-23H2,1H3,(H,38,44)(H,39,47)(H,40,45)(H,41,46)/t24-,28-,29+,30-/m0/s1. The molecule has 50 heavy (non-hydrogen) atoms. The van der Waals surface area contributed by atoms with Crippen LogP contribution < -0.4 is 26.0 Å². The first-order valence-electron chi connectivity index (χ1n) is 17.6. The maximum Gasteiger partial charge on any atom is 0.258 e. The van der Waals surface area contributed by atoms with E-state index in [1.165, 1.54) is 4.90 Å². The molecule has 0 radical (unpaired) electrons. The highest BCUT2D eigenvalue weighted by atomic mass is 16.5. The Morgan fingerprint density at radius 1 is 0.880 bits per heavy atom. The molecule has 2 bridgehead atoms. The minimum absolute atomic E-state index is 0.0357. The second-order valence-electron chi connectivity index (χ2n) is 14.0. The highest BCUT2D eigenvalue weighted by molar-refractivity contribution is 5.96. The molecule has 7 rings (SSSR count). The molecule has 4 atom stereocenters. The maximum absolute atomic E-state index is 13.9. The lowest BCUT2D eigenvalue weighted by Gasteiger charge is -2.39. The first-order valence-corrected chi connectivity index (χ1v) is 17.6. The van der Waals surface area contributed by atoms with Gasteiger partial charge in [-0.05, 0) is 74.1 Å².